The molecule has 0 aliphatic heterocycles. The first kappa shape index (κ1) is 15.0. The monoisotopic (exact) mass is 318 g/mol. The predicted octanol–water partition coefficient (Wildman–Crippen LogP) is 4.01. The van der Waals surface area contributed by atoms with Crippen LogP contribution in [-0.4, -0.2) is 21.0 Å². The van der Waals surface area contributed by atoms with Gasteiger partial charge in [-0.25, -0.2) is 9.78 Å². The highest BCUT2D eigenvalue weighted by atomic mass is 19.4. The molecule has 1 aromatic heterocycles. The number of hydrogen-bond donors (Lipinski definition) is 1. The Bertz CT molecular complexity index is 907. The minimum atomic E-state index is -4.47. The molecule has 7 heteroatoms. The molecule has 0 saturated carbocycles. The number of halogens is 3. The fourth-order valence-electron chi connectivity index (χ4n) is 2.20. The van der Waals surface area contributed by atoms with Gasteiger partial charge in [0.25, 0.3) is 0 Å². The largest absolute Gasteiger partial charge is 0.478 e. The number of benzene rings is 2. The second kappa shape index (κ2) is 5.35. The number of carboxylic acids is 1. The van der Waals surface area contributed by atoms with Crippen molar-refractivity contribution in [3.63, 3.8) is 0 Å². The van der Waals surface area contributed by atoms with E-state index in [0.717, 1.165) is 12.1 Å². The van der Waals surface area contributed by atoms with Crippen LogP contribution in [0.1, 0.15) is 15.9 Å². The summed E-state index contributed by atoms with van der Waals surface area (Å²) in [5, 5.41) is 9.18. The number of fused-ring (bicyclic) bond motifs is 1. The molecule has 0 amide bonds. The molecule has 2 aromatic carbocycles. The quantitative estimate of drug-likeness (QED) is 0.775. The molecule has 116 valence electrons. The number of para-hydroxylation sites is 1. The fourth-order valence-corrected chi connectivity index (χ4v) is 2.20. The minimum Gasteiger partial charge on any atom is -0.478 e. The van der Waals surface area contributed by atoms with E-state index in [9.17, 15) is 23.1 Å². The van der Waals surface area contributed by atoms with Crippen molar-refractivity contribution >= 4 is 17.0 Å². The highest BCUT2D eigenvalue weighted by Crippen LogP contribution is 2.32. The average Bonchev–Trinajstić information content (AvgIpc) is 2.53. The zero-order chi connectivity index (χ0) is 16.6. The molecule has 0 atom stereocenters. The van der Waals surface area contributed by atoms with Crippen molar-refractivity contribution in [3.05, 3.63) is 59.8 Å². The van der Waals surface area contributed by atoms with Crippen molar-refractivity contribution in [1.29, 1.82) is 0 Å². The van der Waals surface area contributed by atoms with E-state index >= 15 is 0 Å². The normalized spacial score (nSPS) is 11.6. The summed E-state index contributed by atoms with van der Waals surface area (Å²) < 4.78 is 38.4. The molecule has 0 unspecified atom stereocenters. The van der Waals surface area contributed by atoms with Gasteiger partial charge in [-0.15, -0.1) is 0 Å². The highest BCUT2D eigenvalue weighted by molar-refractivity contribution is 6.01. The zero-order valence-electron chi connectivity index (χ0n) is 11.5. The van der Waals surface area contributed by atoms with E-state index in [1.54, 1.807) is 6.07 Å². The molecular formula is C16H9F3N2O2. The Morgan fingerprint density at radius 3 is 2.52 bits per heavy atom. The van der Waals surface area contributed by atoms with Gasteiger partial charge in [0.2, 0.25) is 0 Å². The molecule has 3 aromatic rings. The standard InChI is InChI=1S/C16H9F3N2O2/c17-16(18,19)10-4-1-3-9(7-10)13-8-20-12-6-2-5-11(15(22)23)14(12)21-13/h1-8H,(H,22,23). The molecule has 0 aliphatic rings. The summed E-state index contributed by atoms with van der Waals surface area (Å²) in [4.78, 5) is 19.5. The van der Waals surface area contributed by atoms with Crippen molar-refractivity contribution in [3.8, 4) is 11.3 Å². The third kappa shape index (κ3) is 2.85. The van der Waals surface area contributed by atoms with Gasteiger partial charge >= 0.3 is 12.1 Å². The Balaban J connectivity index is 2.18. The van der Waals surface area contributed by atoms with E-state index in [1.165, 1.54) is 30.5 Å². The first-order valence-electron chi connectivity index (χ1n) is 6.53. The van der Waals surface area contributed by atoms with Crippen LogP contribution in [0.5, 0.6) is 0 Å². The van der Waals surface area contributed by atoms with Crippen LogP contribution in [-0.2, 0) is 6.18 Å². The van der Waals surface area contributed by atoms with E-state index in [4.69, 9.17) is 0 Å². The maximum Gasteiger partial charge on any atom is 0.416 e. The van der Waals surface area contributed by atoms with Gasteiger partial charge in [0, 0.05) is 5.56 Å². The van der Waals surface area contributed by atoms with Crippen molar-refractivity contribution in [2.75, 3.05) is 0 Å². The number of rotatable bonds is 2. The third-order valence-corrected chi connectivity index (χ3v) is 3.29. The van der Waals surface area contributed by atoms with Crippen LogP contribution < -0.4 is 0 Å². The van der Waals surface area contributed by atoms with Crippen LogP contribution in [0.25, 0.3) is 22.3 Å². The van der Waals surface area contributed by atoms with E-state index in [-0.39, 0.29) is 22.3 Å². The van der Waals surface area contributed by atoms with Crippen molar-refractivity contribution in [1.82, 2.24) is 9.97 Å². The maximum atomic E-state index is 12.8. The molecule has 0 saturated heterocycles. The Morgan fingerprint density at radius 1 is 1.09 bits per heavy atom. The van der Waals surface area contributed by atoms with E-state index in [2.05, 4.69) is 9.97 Å². The smallest absolute Gasteiger partial charge is 0.416 e. The summed E-state index contributed by atoms with van der Waals surface area (Å²) in [6.45, 7) is 0. The number of carboxylic acid groups (broad SMARTS) is 1. The molecule has 23 heavy (non-hydrogen) atoms. The number of aromatic carboxylic acids is 1. The molecule has 0 fully saturated rings. The lowest BCUT2D eigenvalue weighted by Crippen LogP contribution is -2.05. The lowest BCUT2D eigenvalue weighted by Gasteiger charge is -2.09. The van der Waals surface area contributed by atoms with E-state index < -0.39 is 17.7 Å². The topological polar surface area (TPSA) is 63.1 Å². The molecule has 4 nitrogen and oxygen atoms in total. The first-order valence-corrected chi connectivity index (χ1v) is 6.53. The van der Waals surface area contributed by atoms with Crippen LogP contribution >= 0.6 is 0 Å². The zero-order valence-corrected chi connectivity index (χ0v) is 11.5. The number of aromatic nitrogens is 2. The molecule has 0 spiro atoms. The van der Waals surface area contributed by atoms with Crippen LogP contribution in [0.15, 0.2) is 48.7 Å². The minimum absolute atomic E-state index is 0.0520. The Labute approximate surface area is 128 Å². The molecule has 0 radical (unpaired) electrons. The van der Waals surface area contributed by atoms with Gasteiger partial charge in [0.15, 0.2) is 0 Å². The number of hydrogen-bond acceptors (Lipinski definition) is 3. The molecule has 3 rings (SSSR count). The van der Waals surface area contributed by atoms with Gasteiger partial charge in [-0.3, -0.25) is 4.98 Å². The van der Waals surface area contributed by atoms with Gasteiger partial charge in [-0.2, -0.15) is 13.2 Å². The lowest BCUT2D eigenvalue weighted by atomic mass is 10.1. The summed E-state index contributed by atoms with van der Waals surface area (Å²) in [5.41, 5.74) is 0.0366. The average molecular weight is 318 g/mol. The lowest BCUT2D eigenvalue weighted by molar-refractivity contribution is -0.137. The fraction of sp³-hybridized carbons (Fsp3) is 0.0625. The van der Waals surface area contributed by atoms with E-state index in [0.29, 0.717) is 5.52 Å². The second-order valence-electron chi connectivity index (χ2n) is 4.81. The molecule has 1 heterocycles. The predicted molar refractivity (Wildman–Crippen MR) is 76.9 cm³/mol. The van der Waals surface area contributed by atoms with Gasteiger partial charge in [-0.1, -0.05) is 18.2 Å². The van der Waals surface area contributed by atoms with Crippen molar-refractivity contribution < 1.29 is 23.1 Å². The summed E-state index contributed by atoms with van der Waals surface area (Å²) in [6, 6.07) is 9.14. The Morgan fingerprint density at radius 2 is 1.83 bits per heavy atom. The van der Waals surface area contributed by atoms with Gasteiger partial charge in [0.05, 0.1) is 28.5 Å². The number of alkyl halides is 3. The van der Waals surface area contributed by atoms with Gasteiger partial charge in [-0.05, 0) is 24.3 Å². The van der Waals surface area contributed by atoms with Crippen molar-refractivity contribution in [2.45, 2.75) is 6.18 Å². The molecule has 1 N–H and O–H groups in total. The summed E-state index contributed by atoms with van der Waals surface area (Å²) >= 11 is 0. The van der Waals surface area contributed by atoms with Crippen LogP contribution in [0.3, 0.4) is 0 Å². The first-order chi connectivity index (χ1) is 10.9. The Hall–Kier alpha value is -2.96. The van der Waals surface area contributed by atoms with Gasteiger partial charge in [0.1, 0.15) is 5.52 Å². The summed E-state index contributed by atoms with van der Waals surface area (Å²) in [5.74, 6) is -1.17. The second-order valence-corrected chi connectivity index (χ2v) is 4.81. The van der Waals surface area contributed by atoms with Crippen molar-refractivity contribution in [2.24, 2.45) is 0 Å². The van der Waals surface area contributed by atoms with Crippen LogP contribution in [0.4, 0.5) is 13.2 Å². The van der Waals surface area contributed by atoms with E-state index in [1.807, 2.05) is 0 Å². The highest BCUT2D eigenvalue weighted by Gasteiger charge is 2.30. The molecule has 0 bridgehead atoms. The number of nitrogens with zero attached hydrogens (tertiary/aromatic N) is 2. The third-order valence-electron chi connectivity index (χ3n) is 3.29. The van der Waals surface area contributed by atoms with Gasteiger partial charge < -0.3 is 5.11 Å². The maximum absolute atomic E-state index is 12.8. The molecule has 0 aliphatic carbocycles. The SMILES string of the molecule is O=C(O)c1cccc2ncc(-c3cccc(C(F)(F)F)c3)nc12. The Kier molecular flexibility index (Phi) is 3.48. The van der Waals surface area contributed by atoms with Crippen LogP contribution in [0.2, 0.25) is 0 Å². The summed E-state index contributed by atoms with van der Waals surface area (Å²) in [7, 11) is 0. The summed E-state index contributed by atoms with van der Waals surface area (Å²) in [6.07, 6.45) is -3.14. The molecular weight excluding hydrogens is 309 g/mol. The number of carbonyl (C=O) groups is 1. The van der Waals surface area contributed by atoms with Crippen LogP contribution in [0, 0.1) is 0 Å².